The molecule has 7 nitrogen and oxygen atoms in total. The van der Waals surface area contributed by atoms with Gasteiger partial charge < -0.3 is 10.2 Å². The number of aromatic nitrogens is 4. The molecule has 2 unspecified atom stereocenters. The van der Waals surface area contributed by atoms with Gasteiger partial charge in [0.25, 0.3) is 0 Å². The highest BCUT2D eigenvalue weighted by atomic mass is 16.2. The summed E-state index contributed by atoms with van der Waals surface area (Å²) in [4.78, 5) is 14.8. The van der Waals surface area contributed by atoms with Crippen LogP contribution in [0.15, 0.2) is 42.5 Å². The summed E-state index contributed by atoms with van der Waals surface area (Å²) in [5.74, 6) is 2.14. The minimum Gasteiger partial charge on any atom is -0.357 e. The van der Waals surface area contributed by atoms with Crippen LogP contribution in [0.3, 0.4) is 0 Å². The zero-order valence-corrected chi connectivity index (χ0v) is 14.5. The molecule has 132 valence electrons. The van der Waals surface area contributed by atoms with Crippen molar-refractivity contribution in [2.24, 2.45) is 0 Å². The van der Waals surface area contributed by atoms with E-state index in [0.29, 0.717) is 11.7 Å². The number of carbonyl (C=O) groups excluding carboxylic acids is 1. The number of rotatable bonds is 4. The quantitative estimate of drug-likeness (QED) is 0.784. The Morgan fingerprint density at radius 1 is 1.08 bits per heavy atom. The maximum atomic E-state index is 12.9. The first kappa shape index (κ1) is 15.3. The van der Waals surface area contributed by atoms with E-state index in [9.17, 15) is 4.79 Å². The molecule has 2 aliphatic rings. The van der Waals surface area contributed by atoms with Crippen LogP contribution >= 0.6 is 0 Å². The number of benzene rings is 1. The van der Waals surface area contributed by atoms with Gasteiger partial charge in [-0.05, 0) is 50.5 Å². The summed E-state index contributed by atoms with van der Waals surface area (Å²) in [5, 5.41) is 16.4. The van der Waals surface area contributed by atoms with Crippen LogP contribution in [0.4, 0.5) is 11.5 Å². The van der Waals surface area contributed by atoms with Crippen LogP contribution in [0.1, 0.15) is 37.9 Å². The standard InChI is InChI=1S/C19H20N6O/c1-12-11-15(19(26)24(12)14-5-3-2-4-6-14)20-16-9-10-17-21-22-18(13-7-8-13)25(17)23-16/h2-6,9-10,12-13,15H,7-8,11H2,1H3,(H,20,23). The van der Waals surface area contributed by atoms with Crippen LogP contribution in [0, 0.1) is 0 Å². The monoisotopic (exact) mass is 348 g/mol. The molecule has 7 heteroatoms. The first-order valence-electron chi connectivity index (χ1n) is 9.08. The number of nitrogens with one attached hydrogen (secondary N) is 1. The van der Waals surface area contributed by atoms with Gasteiger partial charge in [0.15, 0.2) is 11.5 Å². The second-order valence-corrected chi connectivity index (χ2v) is 7.15. The van der Waals surface area contributed by atoms with Gasteiger partial charge >= 0.3 is 0 Å². The number of fused-ring (bicyclic) bond motifs is 1. The molecular formula is C19H20N6O. The molecule has 2 atom stereocenters. The van der Waals surface area contributed by atoms with Crippen molar-refractivity contribution >= 4 is 23.1 Å². The molecule has 1 aliphatic carbocycles. The molecule has 1 amide bonds. The summed E-state index contributed by atoms with van der Waals surface area (Å²) in [6.07, 6.45) is 3.03. The summed E-state index contributed by atoms with van der Waals surface area (Å²) in [5.41, 5.74) is 1.68. The van der Waals surface area contributed by atoms with E-state index in [2.05, 4.69) is 27.5 Å². The second kappa shape index (κ2) is 5.79. The Balaban J connectivity index is 1.40. The predicted octanol–water partition coefficient (Wildman–Crippen LogP) is 2.61. The number of amides is 1. The average molecular weight is 348 g/mol. The summed E-state index contributed by atoms with van der Waals surface area (Å²) < 4.78 is 1.80. The Bertz CT molecular complexity index is 965. The number of para-hydroxylation sites is 1. The Morgan fingerprint density at radius 3 is 2.65 bits per heavy atom. The third-order valence-electron chi connectivity index (χ3n) is 5.14. The molecule has 5 rings (SSSR count). The van der Waals surface area contributed by atoms with Crippen molar-refractivity contribution in [1.82, 2.24) is 19.8 Å². The smallest absolute Gasteiger partial charge is 0.249 e. The molecule has 1 saturated heterocycles. The Hall–Kier alpha value is -2.96. The Labute approximate surface area is 151 Å². The molecule has 0 radical (unpaired) electrons. The van der Waals surface area contributed by atoms with Gasteiger partial charge in [0, 0.05) is 17.6 Å². The minimum absolute atomic E-state index is 0.0803. The maximum absolute atomic E-state index is 12.9. The van der Waals surface area contributed by atoms with Gasteiger partial charge in [0.05, 0.1) is 0 Å². The van der Waals surface area contributed by atoms with Crippen LogP contribution in [-0.2, 0) is 4.79 Å². The molecule has 2 aromatic heterocycles. The lowest BCUT2D eigenvalue weighted by atomic mass is 10.2. The lowest BCUT2D eigenvalue weighted by Crippen LogP contribution is -2.35. The van der Waals surface area contributed by atoms with Gasteiger partial charge in [-0.1, -0.05) is 18.2 Å². The van der Waals surface area contributed by atoms with E-state index >= 15 is 0 Å². The van der Waals surface area contributed by atoms with Crippen molar-refractivity contribution in [2.45, 2.75) is 44.2 Å². The van der Waals surface area contributed by atoms with E-state index in [-0.39, 0.29) is 18.0 Å². The van der Waals surface area contributed by atoms with Crippen molar-refractivity contribution in [3.63, 3.8) is 0 Å². The largest absolute Gasteiger partial charge is 0.357 e. The highest BCUT2D eigenvalue weighted by Gasteiger charge is 2.38. The summed E-state index contributed by atoms with van der Waals surface area (Å²) >= 11 is 0. The molecule has 0 bridgehead atoms. The van der Waals surface area contributed by atoms with Crippen LogP contribution in [0.2, 0.25) is 0 Å². The van der Waals surface area contributed by atoms with E-state index in [0.717, 1.165) is 36.4 Å². The number of hydrogen-bond donors (Lipinski definition) is 1. The van der Waals surface area contributed by atoms with E-state index in [1.807, 2.05) is 47.4 Å². The number of hydrogen-bond acceptors (Lipinski definition) is 5. The second-order valence-electron chi connectivity index (χ2n) is 7.15. The molecule has 2 fully saturated rings. The predicted molar refractivity (Wildman–Crippen MR) is 98.2 cm³/mol. The fraction of sp³-hybridized carbons (Fsp3) is 0.368. The first-order valence-corrected chi connectivity index (χ1v) is 9.08. The fourth-order valence-electron chi connectivity index (χ4n) is 3.68. The van der Waals surface area contributed by atoms with Crippen LogP contribution in [0.25, 0.3) is 5.65 Å². The fourth-order valence-corrected chi connectivity index (χ4v) is 3.68. The van der Waals surface area contributed by atoms with Gasteiger partial charge in [-0.2, -0.15) is 4.52 Å². The van der Waals surface area contributed by atoms with Gasteiger partial charge in [-0.15, -0.1) is 15.3 Å². The molecule has 3 aromatic rings. The van der Waals surface area contributed by atoms with Gasteiger partial charge in [-0.3, -0.25) is 4.79 Å². The van der Waals surface area contributed by atoms with E-state index in [4.69, 9.17) is 0 Å². The third kappa shape index (κ3) is 2.51. The average Bonchev–Trinajstić information content (AvgIpc) is 3.35. The van der Waals surface area contributed by atoms with Crippen molar-refractivity contribution in [2.75, 3.05) is 10.2 Å². The topological polar surface area (TPSA) is 75.4 Å². The molecule has 26 heavy (non-hydrogen) atoms. The molecule has 1 saturated carbocycles. The zero-order chi connectivity index (χ0) is 17.7. The number of anilines is 2. The Kier molecular flexibility index (Phi) is 3.41. The van der Waals surface area contributed by atoms with Gasteiger partial charge in [-0.25, -0.2) is 0 Å². The van der Waals surface area contributed by atoms with Gasteiger partial charge in [0.1, 0.15) is 11.9 Å². The zero-order valence-electron chi connectivity index (χ0n) is 14.5. The van der Waals surface area contributed by atoms with Gasteiger partial charge in [0.2, 0.25) is 5.91 Å². The molecule has 1 N–H and O–H groups in total. The molecule has 1 aromatic carbocycles. The third-order valence-corrected chi connectivity index (χ3v) is 5.14. The highest BCUT2D eigenvalue weighted by molar-refractivity contribution is 6.01. The van der Waals surface area contributed by atoms with E-state index < -0.39 is 0 Å². The normalized spacial score (nSPS) is 23.0. The lowest BCUT2D eigenvalue weighted by Gasteiger charge is -2.21. The van der Waals surface area contributed by atoms with Crippen LogP contribution in [-0.4, -0.2) is 37.8 Å². The maximum Gasteiger partial charge on any atom is 0.249 e. The van der Waals surface area contributed by atoms with Crippen LogP contribution in [0.5, 0.6) is 0 Å². The molecule has 3 heterocycles. The van der Waals surface area contributed by atoms with Crippen molar-refractivity contribution in [3.05, 3.63) is 48.3 Å². The lowest BCUT2D eigenvalue weighted by molar-refractivity contribution is -0.117. The number of nitrogens with zero attached hydrogens (tertiary/aromatic N) is 5. The van der Waals surface area contributed by atoms with Crippen LogP contribution < -0.4 is 10.2 Å². The summed E-state index contributed by atoms with van der Waals surface area (Å²) in [7, 11) is 0. The Morgan fingerprint density at radius 2 is 1.88 bits per heavy atom. The van der Waals surface area contributed by atoms with Crippen molar-refractivity contribution in [1.29, 1.82) is 0 Å². The SMILES string of the molecule is CC1CC(Nc2ccc3nnc(C4CC4)n3n2)C(=O)N1c1ccccc1. The van der Waals surface area contributed by atoms with E-state index in [1.54, 1.807) is 4.52 Å². The summed E-state index contributed by atoms with van der Waals surface area (Å²) in [6.45, 7) is 2.08. The van der Waals surface area contributed by atoms with E-state index in [1.165, 1.54) is 0 Å². The molecule has 1 aliphatic heterocycles. The first-order chi connectivity index (χ1) is 12.7. The molecular weight excluding hydrogens is 328 g/mol. The van der Waals surface area contributed by atoms with Crippen molar-refractivity contribution < 1.29 is 4.79 Å². The minimum atomic E-state index is -0.281. The highest BCUT2D eigenvalue weighted by Crippen LogP contribution is 2.38. The number of carbonyl (C=O) groups is 1. The molecule has 0 spiro atoms. The summed E-state index contributed by atoms with van der Waals surface area (Å²) in [6, 6.07) is 13.4. The van der Waals surface area contributed by atoms with Crippen molar-refractivity contribution in [3.8, 4) is 0 Å².